The lowest BCUT2D eigenvalue weighted by Crippen LogP contribution is -1.95. The quantitative estimate of drug-likeness (QED) is 0.242. The van der Waals surface area contributed by atoms with Crippen molar-refractivity contribution < 1.29 is 0 Å². The third-order valence-electron chi connectivity index (χ3n) is 5.47. The minimum atomic E-state index is 0.577. The Bertz CT molecular complexity index is 1410. The highest BCUT2D eigenvalue weighted by molar-refractivity contribution is 7.98. The van der Waals surface area contributed by atoms with Gasteiger partial charge in [0, 0.05) is 10.8 Å². The molecule has 0 bridgehead atoms. The molecule has 4 aromatic rings. The largest absolute Gasteiger partial charge is 0.241 e. The molecule has 4 rings (SSSR count). The lowest BCUT2D eigenvalue weighted by atomic mass is 10.1. The number of nitrogens with zero attached hydrogens (tertiary/aromatic N) is 2. The molecule has 0 aliphatic heterocycles. The number of thioether (sulfide) groups is 1. The fraction of sp³-hybridized carbons (Fsp3) is 0.0968. The maximum absolute atomic E-state index is 10.0. The van der Waals surface area contributed by atoms with Crippen LogP contribution in [0.25, 0.3) is 24.3 Å². The molecule has 0 radical (unpaired) electrons. The highest BCUT2D eigenvalue weighted by Gasteiger charge is 2.12. The van der Waals surface area contributed by atoms with Crippen molar-refractivity contribution in [3.63, 3.8) is 0 Å². The molecule has 1 aromatic heterocycles. The number of nitriles is 1. The molecular weight excluding hydrogens is 468 g/mol. The predicted octanol–water partition coefficient (Wildman–Crippen LogP) is 8.86. The molecule has 35 heavy (non-hydrogen) atoms. The summed E-state index contributed by atoms with van der Waals surface area (Å²) < 4.78 is 0. The van der Waals surface area contributed by atoms with E-state index in [0.717, 1.165) is 27.9 Å². The van der Waals surface area contributed by atoms with Crippen LogP contribution in [0.3, 0.4) is 0 Å². The summed E-state index contributed by atoms with van der Waals surface area (Å²) >= 11 is 7.71. The van der Waals surface area contributed by atoms with E-state index in [-0.39, 0.29) is 0 Å². The number of rotatable bonds is 7. The Morgan fingerprint density at radius 1 is 0.829 bits per heavy atom. The molecule has 0 saturated carbocycles. The summed E-state index contributed by atoms with van der Waals surface area (Å²) in [5.74, 6) is 0.675. The Morgan fingerprint density at radius 3 is 2.06 bits per heavy atom. The van der Waals surface area contributed by atoms with Gasteiger partial charge in [0.15, 0.2) is 0 Å². The lowest BCUT2D eigenvalue weighted by Gasteiger charge is -2.09. The van der Waals surface area contributed by atoms with Crippen LogP contribution in [0.1, 0.15) is 44.6 Å². The number of hydrogen-bond acceptors (Lipinski definition) is 3. The average molecular weight is 493 g/mol. The number of hydrogen-bond donors (Lipinski definition) is 0. The van der Waals surface area contributed by atoms with Crippen LogP contribution in [0.2, 0.25) is 5.02 Å². The van der Waals surface area contributed by atoms with Crippen molar-refractivity contribution in [3.05, 3.63) is 129 Å². The van der Waals surface area contributed by atoms with Crippen LogP contribution in [0.15, 0.2) is 83.9 Å². The normalized spacial score (nSPS) is 11.3. The van der Waals surface area contributed by atoms with E-state index in [0.29, 0.717) is 21.4 Å². The first-order valence-electron chi connectivity index (χ1n) is 11.3. The van der Waals surface area contributed by atoms with E-state index in [4.69, 9.17) is 16.6 Å². The van der Waals surface area contributed by atoms with Gasteiger partial charge in [0.1, 0.15) is 11.1 Å². The van der Waals surface area contributed by atoms with Crippen LogP contribution in [0.4, 0.5) is 0 Å². The van der Waals surface area contributed by atoms with Gasteiger partial charge in [-0.25, -0.2) is 4.98 Å². The lowest BCUT2D eigenvalue weighted by molar-refractivity contribution is 1.09. The molecule has 4 heteroatoms. The summed E-state index contributed by atoms with van der Waals surface area (Å²) in [5, 5.41) is 11.4. The van der Waals surface area contributed by atoms with Crippen LogP contribution in [0.5, 0.6) is 0 Å². The Kier molecular flexibility index (Phi) is 8.21. The summed E-state index contributed by atoms with van der Waals surface area (Å²) in [5.41, 5.74) is 7.95. The topological polar surface area (TPSA) is 36.7 Å². The second-order valence-electron chi connectivity index (χ2n) is 8.33. The van der Waals surface area contributed by atoms with Gasteiger partial charge >= 0.3 is 0 Å². The van der Waals surface area contributed by atoms with Gasteiger partial charge in [0.2, 0.25) is 0 Å². The Hall–Kier alpha value is -3.58. The zero-order chi connectivity index (χ0) is 24.6. The number of aryl methyl sites for hydroxylation is 2. The van der Waals surface area contributed by atoms with Gasteiger partial charge in [-0.2, -0.15) is 5.26 Å². The van der Waals surface area contributed by atoms with Crippen LogP contribution in [-0.2, 0) is 5.75 Å². The van der Waals surface area contributed by atoms with Crippen molar-refractivity contribution in [1.29, 1.82) is 5.26 Å². The van der Waals surface area contributed by atoms with Crippen molar-refractivity contribution in [2.75, 3.05) is 0 Å². The van der Waals surface area contributed by atoms with Crippen molar-refractivity contribution >= 4 is 47.7 Å². The predicted molar refractivity (Wildman–Crippen MR) is 150 cm³/mol. The standard InChI is InChI=1S/C31H25ClN2S/c1-22-6-10-24(11-7-22)14-16-27-19-29(17-15-25-12-8-23(2)9-13-25)34-31(30(27)20-33)35-21-26-4-3-5-28(32)18-26/h3-19H,21H2,1-2H3. The first kappa shape index (κ1) is 24.5. The van der Waals surface area contributed by atoms with E-state index in [2.05, 4.69) is 68.4 Å². The monoisotopic (exact) mass is 492 g/mol. The van der Waals surface area contributed by atoms with Crippen molar-refractivity contribution in [2.45, 2.75) is 24.6 Å². The Balaban J connectivity index is 1.69. The minimum Gasteiger partial charge on any atom is -0.241 e. The first-order valence-corrected chi connectivity index (χ1v) is 12.7. The third-order valence-corrected chi connectivity index (χ3v) is 6.75. The Labute approximate surface area is 216 Å². The summed E-state index contributed by atoms with van der Waals surface area (Å²) in [6.07, 6.45) is 8.08. The number of halogens is 1. The average Bonchev–Trinajstić information content (AvgIpc) is 2.86. The fourth-order valence-corrected chi connectivity index (χ4v) is 4.67. The molecule has 0 N–H and O–H groups in total. The fourth-order valence-electron chi connectivity index (χ4n) is 3.50. The van der Waals surface area contributed by atoms with E-state index in [1.165, 1.54) is 11.1 Å². The van der Waals surface area contributed by atoms with Crippen molar-refractivity contribution in [2.24, 2.45) is 0 Å². The second kappa shape index (κ2) is 11.7. The molecular formula is C31H25ClN2S. The van der Waals surface area contributed by atoms with Crippen LogP contribution in [0, 0.1) is 25.2 Å². The molecule has 172 valence electrons. The van der Waals surface area contributed by atoms with Gasteiger partial charge < -0.3 is 0 Å². The first-order chi connectivity index (χ1) is 17.0. The maximum Gasteiger partial charge on any atom is 0.115 e. The number of aromatic nitrogens is 1. The number of pyridine rings is 1. The molecule has 0 amide bonds. The molecule has 0 aliphatic rings. The highest BCUT2D eigenvalue weighted by Crippen LogP contribution is 2.29. The van der Waals surface area contributed by atoms with Crippen molar-refractivity contribution in [3.8, 4) is 6.07 Å². The summed E-state index contributed by atoms with van der Waals surface area (Å²) in [4.78, 5) is 4.83. The smallest absolute Gasteiger partial charge is 0.115 e. The zero-order valence-corrected chi connectivity index (χ0v) is 21.3. The molecule has 0 fully saturated rings. The summed E-state index contributed by atoms with van der Waals surface area (Å²) in [6.45, 7) is 4.14. The van der Waals surface area contributed by atoms with E-state index < -0.39 is 0 Å². The number of benzene rings is 3. The molecule has 0 saturated heterocycles. The molecule has 0 aliphatic carbocycles. The summed E-state index contributed by atoms with van der Waals surface area (Å²) in [6, 6.07) is 28.8. The maximum atomic E-state index is 10.0. The van der Waals surface area contributed by atoms with E-state index in [9.17, 15) is 5.26 Å². The Morgan fingerprint density at radius 2 is 1.46 bits per heavy atom. The van der Waals surface area contributed by atoms with E-state index in [1.807, 2.05) is 54.6 Å². The third kappa shape index (κ3) is 6.96. The van der Waals surface area contributed by atoms with Crippen molar-refractivity contribution in [1.82, 2.24) is 4.98 Å². The van der Waals surface area contributed by atoms with Gasteiger partial charge in [0.25, 0.3) is 0 Å². The van der Waals surface area contributed by atoms with Crippen LogP contribution >= 0.6 is 23.4 Å². The molecule has 0 spiro atoms. The van der Waals surface area contributed by atoms with Gasteiger partial charge in [-0.15, -0.1) is 11.8 Å². The van der Waals surface area contributed by atoms with Gasteiger partial charge in [-0.1, -0.05) is 102 Å². The minimum absolute atomic E-state index is 0.577. The molecule has 0 unspecified atom stereocenters. The molecule has 0 atom stereocenters. The zero-order valence-electron chi connectivity index (χ0n) is 19.7. The van der Waals surface area contributed by atoms with Crippen LogP contribution < -0.4 is 0 Å². The molecule has 2 nitrogen and oxygen atoms in total. The SMILES string of the molecule is Cc1ccc(C=Cc2cc(C=Cc3ccc(C)cc3)c(C#N)c(SCc3cccc(Cl)c3)n2)cc1. The highest BCUT2D eigenvalue weighted by atomic mass is 35.5. The van der Waals surface area contributed by atoms with E-state index in [1.54, 1.807) is 11.8 Å². The van der Waals surface area contributed by atoms with Crippen LogP contribution in [-0.4, -0.2) is 4.98 Å². The van der Waals surface area contributed by atoms with Gasteiger partial charge in [0.05, 0.1) is 11.3 Å². The molecule has 1 heterocycles. The second-order valence-corrected chi connectivity index (χ2v) is 9.74. The van der Waals surface area contributed by atoms with Gasteiger partial charge in [-0.05, 0) is 60.4 Å². The van der Waals surface area contributed by atoms with E-state index >= 15 is 0 Å². The molecule has 3 aromatic carbocycles. The van der Waals surface area contributed by atoms with Gasteiger partial charge in [-0.3, -0.25) is 0 Å². The summed E-state index contributed by atoms with van der Waals surface area (Å²) in [7, 11) is 0.